The quantitative estimate of drug-likeness (QED) is 0.194. The summed E-state index contributed by atoms with van der Waals surface area (Å²) < 4.78 is 5.36. The van der Waals surface area contributed by atoms with Gasteiger partial charge in [-0.05, 0) is 49.6 Å². The maximum atomic E-state index is 12.0. The first kappa shape index (κ1) is 22.4. The molecule has 0 fully saturated rings. The van der Waals surface area contributed by atoms with Crippen LogP contribution in [-0.4, -0.2) is 21.3 Å². The molecular formula is C23H31ClN2O2. The Morgan fingerprint density at radius 2 is 1.61 bits per heavy atom. The Kier molecular flexibility index (Phi) is 9.42. The number of carbonyl (C=O) groups excluding carboxylic acids is 1. The molecule has 2 atom stereocenters. The van der Waals surface area contributed by atoms with Crippen LogP contribution in [0.5, 0.6) is 5.75 Å². The molecule has 2 unspecified atom stereocenters. The molecule has 0 aliphatic heterocycles. The van der Waals surface area contributed by atoms with E-state index < -0.39 is 0 Å². The van der Waals surface area contributed by atoms with Crippen LogP contribution in [0.25, 0.3) is 11.4 Å². The van der Waals surface area contributed by atoms with Crippen molar-refractivity contribution in [2.75, 3.05) is 0 Å². The zero-order valence-corrected chi connectivity index (χ0v) is 17.9. The summed E-state index contributed by atoms with van der Waals surface area (Å²) in [6.07, 6.45) is 12.6. The number of aromatic nitrogens is 2. The lowest BCUT2D eigenvalue weighted by Crippen LogP contribution is -2.23. The van der Waals surface area contributed by atoms with Crippen molar-refractivity contribution in [2.24, 2.45) is 5.92 Å². The van der Waals surface area contributed by atoms with E-state index in [1.54, 1.807) is 26.0 Å². The van der Waals surface area contributed by atoms with Crippen molar-refractivity contribution < 1.29 is 9.53 Å². The molecule has 2 rings (SSSR count). The first-order valence-electron chi connectivity index (χ1n) is 10.3. The number of alkyl halides is 1. The molecule has 0 saturated carbocycles. The predicted octanol–water partition coefficient (Wildman–Crippen LogP) is 6.22. The third-order valence-corrected chi connectivity index (χ3v) is 5.29. The minimum Gasteiger partial charge on any atom is -0.426 e. The van der Waals surface area contributed by atoms with Gasteiger partial charge in [-0.1, -0.05) is 46.0 Å². The number of nitrogens with zero attached hydrogens (tertiary/aromatic N) is 2. The Balaban J connectivity index is 1.85. The molecule has 1 heterocycles. The van der Waals surface area contributed by atoms with Crippen molar-refractivity contribution in [1.29, 1.82) is 0 Å². The Morgan fingerprint density at radius 3 is 2.21 bits per heavy atom. The van der Waals surface area contributed by atoms with Gasteiger partial charge >= 0.3 is 5.97 Å². The van der Waals surface area contributed by atoms with Crippen molar-refractivity contribution in [2.45, 2.75) is 71.1 Å². The van der Waals surface area contributed by atoms with Crippen molar-refractivity contribution >= 4 is 17.6 Å². The highest BCUT2D eigenvalue weighted by Crippen LogP contribution is 2.21. The van der Waals surface area contributed by atoms with Crippen LogP contribution in [0.15, 0.2) is 36.7 Å². The molecule has 0 saturated heterocycles. The SMILES string of the molecule is CCCCCCCCc1cnc(-c2ccc(OC(=O)C(C)C(C)Cl)cc2)nc1. The van der Waals surface area contributed by atoms with Crippen LogP contribution in [0, 0.1) is 5.92 Å². The lowest BCUT2D eigenvalue weighted by Gasteiger charge is -2.12. The summed E-state index contributed by atoms with van der Waals surface area (Å²) in [4.78, 5) is 20.9. The number of carbonyl (C=O) groups is 1. The smallest absolute Gasteiger partial charge is 0.315 e. The summed E-state index contributed by atoms with van der Waals surface area (Å²) in [5.74, 6) is 0.486. The number of halogens is 1. The van der Waals surface area contributed by atoms with E-state index in [4.69, 9.17) is 16.3 Å². The summed E-state index contributed by atoms with van der Waals surface area (Å²) in [6.45, 7) is 5.78. The van der Waals surface area contributed by atoms with Gasteiger partial charge in [-0.25, -0.2) is 9.97 Å². The number of ether oxygens (including phenoxy) is 1. The normalized spacial score (nSPS) is 13.1. The number of unbranched alkanes of at least 4 members (excludes halogenated alkanes) is 5. The number of rotatable bonds is 11. The topological polar surface area (TPSA) is 52.1 Å². The Morgan fingerprint density at radius 1 is 1.00 bits per heavy atom. The average Bonchev–Trinajstić information content (AvgIpc) is 2.71. The summed E-state index contributed by atoms with van der Waals surface area (Å²) in [5.41, 5.74) is 2.07. The van der Waals surface area contributed by atoms with Gasteiger partial charge in [0, 0.05) is 23.3 Å². The van der Waals surface area contributed by atoms with E-state index >= 15 is 0 Å². The van der Waals surface area contributed by atoms with E-state index in [1.807, 2.05) is 24.5 Å². The molecule has 0 radical (unpaired) electrons. The van der Waals surface area contributed by atoms with Crippen molar-refractivity contribution in [3.05, 3.63) is 42.2 Å². The predicted molar refractivity (Wildman–Crippen MR) is 115 cm³/mol. The van der Waals surface area contributed by atoms with Crippen molar-refractivity contribution in [1.82, 2.24) is 9.97 Å². The molecule has 0 spiro atoms. The second-order valence-electron chi connectivity index (χ2n) is 7.34. The largest absolute Gasteiger partial charge is 0.426 e. The Bertz CT molecular complexity index is 714. The van der Waals surface area contributed by atoms with Crippen LogP contribution in [0.3, 0.4) is 0 Å². The fraction of sp³-hybridized carbons (Fsp3) is 0.522. The molecule has 4 nitrogen and oxygen atoms in total. The highest BCUT2D eigenvalue weighted by molar-refractivity contribution is 6.21. The first-order chi connectivity index (χ1) is 13.5. The number of esters is 1. The van der Waals surface area contributed by atoms with Crippen LogP contribution >= 0.6 is 11.6 Å². The summed E-state index contributed by atoms with van der Waals surface area (Å²) >= 11 is 5.95. The molecule has 0 bridgehead atoms. The standard InChI is InChI=1S/C23H31ClN2O2/c1-4-5-6-7-8-9-10-19-15-25-22(26-16-19)20-11-13-21(14-12-20)28-23(27)17(2)18(3)24/h11-18H,4-10H2,1-3H3. The summed E-state index contributed by atoms with van der Waals surface area (Å²) in [6, 6.07) is 7.24. The van der Waals surface area contributed by atoms with E-state index in [0.29, 0.717) is 11.6 Å². The van der Waals surface area contributed by atoms with Gasteiger partial charge in [-0.15, -0.1) is 11.6 Å². The van der Waals surface area contributed by atoms with Crippen LogP contribution in [-0.2, 0) is 11.2 Å². The van der Waals surface area contributed by atoms with Crippen molar-refractivity contribution in [3.63, 3.8) is 0 Å². The van der Waals surface area contributed by atoms with E-state index in [-0.39, 0.29) is 17.3 Å². The molecule has 0 aliphatic rings. The van der Waals surface area contributed by atoms with E-state index in [1.165, 1.54) is 44.1 Å². The molecule has 1 aromatic carbocycles. The van der Waals surface area contributed by atoms with Gasteiger partial charge in [0.1, 0.15) is 5.75 Å². The van der Waals surface area contributed by atoms with Crippen LogP contribution in [0.1, 0.15) is 64.9 Å². The fourth-order valence-corrected chi connectivity index (χ4v) is 2.91. The number of aryl methyl sites for hydroxylation is 1. The third kappa shape index (κ3) is 7.23. The molecule has 152 valence electrons. The molecule has 2 aromatic rings. The Hall–Kier alpha value is -1.94. The van der Waals surface area contributed by atoms with Crippen LogP contribution < -0.4 is 4.74 Å². The number of hydrogen-bond acceptors (Lipinski definition) is 4. The van der Waals surface area contributed by atoms with Crippen molar-refractivity contribution in [3.8, 4) is 17.1 Å². The maximum Gasteiger partial charge on any atom is 0.315 e. The lowest BCUT2D eigenvalue weighted by atomic mass is 10.1. The monoisotopic (exact) mass is 402 g/mol. The molecule has 1 aromatic heterocycles. The highest BCUT2D eigenvalue weighted by atomic mass is 35.5. The average molecular weight is 403 g/mol. The van der Waals surface area contributed by atoms with Crippen LogP contribution in [0.2, 0.25) is 0 Å². The molecule has 5 heteroatoms. The third-order valence-electron chi connectivity index (χ3n) is 4.92. The maximum absolute atomic E-state index is 12.0. The minimum atomic E-state index is -0.358. The van der Waals surface area contributed by atoms with E-state index in [0.717, 1.165) is 12.0 Å². The summed E-state index contributed by atoms with van der Waals surface area (Å²) in [7, 11) is 0. The zero-order valence-electron chi connectivity index (χ0n) is 17.2. The van der Waals surface area contributed by atoms with Gasteiger partial charge < -0.3 is 4.74 Å². The molecule has 28 heavy (non-hydrogen) atoms. The van der Waals surface area contributed by atoms with Gasteiger partial charge in [0.05, 0.1) is 5.92 Å². The lowest BCUT2D eigenvalue weighted by molar-refractivity contribution is -0.138. The minimum absolute atomic E-state index is 0.268. The molecule has 0 N–H and O–H groups in total. The molecular weight excluding hydrogens is 372 g/mol. The Labute approximate surface area is 173 Å². The van der Waals surface area contributed by atoms with Gasteiger partial charge in [-0.2, -0.15) is 0 Å². The van der Waals surface area contributed by atoms with Gasteiger partial charge in [-0.3, -0.25) is 4.79 Å². The fourth-order valence-electron chi connectivity index (χ4n) is 2.81. The van der Waals surface area contributed by atoms with E-state index in [2.05, 4.69) is 16.9 Å². The number of benzene rings is 1. The first-order valence-corrected chi connectivity index (χ1v) is 10.7. The second kappa shape index (κ2) is 11.8. The zero-order chi connectivity index (χ0) is 20.4. The van der Waals surface area contributed by atoms with Crippen LogP contribution in [0.4, 0.5) is 0 Å². The van der Waals surface area contributed by atoms with Gasteiger partial charge in [0.15, 0.2) is 5.82 Å². The summed E-state index contributed by atoms with van der Waals surface area (Å²) in [5, 5.41) is -0.268. The number of hydrogen-bond donors (Lipinski definition) is 0. The van der Waals surface area contributed by atoms with Gasteiger partial charge in [0.2, 0.25) is 0 Å². The van der Waals surface area contributed by atoms with E-state index in [9.17, 15) is 4.79 Å². The second-order valence-corrected chi connectivity index (χ2v) is 8.03. The molecule has 0 amide bonds. The molecule has 0 aliphatic carbocycles. The highest BCUT2D eigenvalue weighted by Gasteiger charge is 2.20. The van der Waals surface area contributed by atoms with Gasteiger partial charge in [0.25, 0.3) is 0 Å².